The first kappa shape index (κ1) is 30.3. The lowest BCUT2D eigenvalue weighted by Gasteiger charge is -2.21. The Kier molecular flexibility index (Phi) is 9.54. The molecular weight excluding hydrogens is 544 g/mol. The van der Waals surface area contributed by atoms with Crippen LogP contribution in [0.5, 0.6) is 5.75 Å². The quantitative estimate of drug-likeness (QED) is 0.177. The zero-order chi connectivity index (χ0) is 29.0. The number of nitrogens with one attached hydrogen (secondary N) is 1. The van der Waals surface area contributed by atoms with E-state index in [0.29, 0.717) is 29.0 Å². The van der Waals surface area contributed by atoms with Gasteiger partial charge in [-0.15, -0.1) is 0 Å². The highest BCUT2D eigenvalue weighted by Crippen LogP contribution is 2.35. The van der Waals surface area contributed by atoms with Crippen LogP contribution in [0.3, 0.4) is 0 Å². The number of aliphatic hydroxyl groups is 1. The summed E-state index contributed by atoms with van der Waals surface area (Å²) in [5, 5.41) is 24.0. The molecule has 0 aliphatic heterocycles. The first-order valence-electron chi connectivity index (χ1n) is 12.2. The second-order valence-corrected chi connectivity index (χ2v) is 11.6. The fraction of sp³-hybridized carbons (Fsp3) is 0.259. The summed E-state index contributed by atoms with van der Waals surface area (Å²) in [4.78, 5) is 0.268. The highest BCUT2D eigenvalue weighted by Gasteiger charge is 2.26. The Morgan fingerprint density at radius 1 is 0.897 bits per heavy atom. The largest absolute Gasteiger partial charge is 0.506 e. The van der Waals surface area contributed by atoms with Gasteiger partial charge in [0.2, 0.25) is 0 Å². The van der Waals surface area contributed by atoms with Crippen molar-refractivity contribution < 1.29 is 36.2 Å². The fourth-order valence-corrected chi connectivity index (χ4v) is 5.57. The summed E-state index contributed by atoms with van der Waals surface area (Å²) < 4.78 is 67.8. The van der Waals surface area contributed by atoms with Crippen LogP contribution in [0, 0.1) is 0 Å². The van der Waals surface area contributed by atoms with Crippen molar-refractivity contribution in [2.45, 2.75) is 36.8 Å². The second kappa shape index (κ2) is 12.3. The fourth-order valence-electron chi connectivity index (χ4n) is 4.20. The molecule has 12 heteroatoms. The number of nitrogens with zero attached hydrogens (tertiary/aromatic N) is 1. The molecule has 0 bridgehead atoms. The SMILES string of the molecule is CCN(CC)c1ccc(C(c2cc(O)c(S(=O)(=O)O)cc2S(=O)(=O)O)=c2ccc(=CCNC(C)O)cc2)cc1. The Bertz CT molecular complexity index is 1640. The maximum absolute atomic E-state index is 12.4. The summed E-state index contributed by atoms with van der Waals surface area (Å²) in [6.45, 7) is 7.57. The first-order chi connectivity index (χ1) is 18.3. The molecule has 1 unspecified atom stereocenters. The van der Waals surface area contributed by atoms with Crippen molar-refractivity contribution in [1.82, 2.24) is 5.32 Å². The number of rotatable bonds is 10. The van der Waals surface area contributed by atoms with E-state index in [-0.39, 0.29) is 5.56 Å². The van der Waals surface area contributed by atoms with Gasteiger partial charge in [0.05, 0.1) is 0 Å². The molecule has 0 radical (unpaired) electrons. The van der Waals surface area contributed by atoms with Gasteiger partial charge < -0.3 is 15.1 Å². The van der Waals surface area contributed by atoms with Gasteiger partial charge in [-0.3, -0.25) is 14.4 Å². The number of benzene rings is 3. The van der Waals surface area contributed by atoms with Gasteiger partial charge in [0.25, 0.3) is 20.2 Å². The molecule has 0 fully saturated rings. The maximum Gasteiger partial charge on any atom is 0.298 e. The van der Waals surface area contributed by atoms with Crippen molar-refractivity contribution in [3.8, 4) is 5.75 Å². The lowest BCUT2D eigenvalue weighted by Crippen LogP contribution is -2.26. The Balaban J connectivity index is 2.37. The van der Waals surface area contributed by atoms with Crippen LogP contribution >= 0.6 is 0 Å². The van der Waals surface area contributed by atoms with Crippen molar-refractivity contribution in [3.05, 3.63) is 82.2 Å². The lowest BCUT2D eigenvalue weighted by molar-refractivity contribution is 0.163. The van der Waals surface area contributed by atoms with Crippen molar-refractivity contribution >= 4 is 37.6 Å². The smallest absolute Gasteiger partial charge is 0.298 e. The molecule has 3 rings (SSSR count). The third-order valence-electron chi connectivity index (χ3n) is 6.12. The average Bonchev–Trinajstić information content (AvgIpc) is 2.85. The van der Waals surface area contributed by atoms with Crippen LogP contribution in [0.25, 0.3) is 11.6 Å². The molecule has 3 aromatic carbocycles. The topological polar surface area (TPSA) is 164 Å². The highest BCUT2D eigenvalue weighted by molar-refractivity contribution is 7.86. The maximum atomic E-state index is 12.4. The summed E-state index contributed by atoms with van der Waals surface area (Å²) in [5.74, 6) is -0.883. The van der Waals surface area contributed by atoms with Crippen LogP contribution in [0.4, 0.5) is 5.69 Å². The molecule has 0 aliphatic carbocycles. The zero-order valence-corrected chi connectivity index (χ0v) is 23.4. The predicted octanol–water partition coefficient (Wildman–Crippen LogP) is 1.69. The van der Waals surface area contributed by atoms with Gasteiger partial charge in [-0.05, 0) is 66.6 Å². The number of anilines is 1. The lowest BCUT2D eigenvalue weighted by atomic mass is 9.94. The van der Waals surface area contributed by atoms with Gasteiger partial charge >= 0.3 is 0 Å². The summed E-state index contributed by atoms with van der Waals surface area (Å²) in [7, 11) is -10.0. The van der Waals surface area contributed by atoms with Gasteiger partial charge in [-0.2, -0.15) is 16.8 Å². The van der Waals surface area contributed by atoms with Crippen LogP contribution in [-0.2, 0) is 20.2 Å². The molecule has 3 aromatic rings. The van der Waals surface area contributed by atoms with Gasteiger partial charge in [0, 0.05) is 30.9 Å². The van der Waals surface area contributed by atoms with E-state index in [2.05, 4.69) is 10.2 Å². The van der Waals surface area contributed by atoms with Crippen molar-refractivity contribution in [2.24, 2.45) is 0 Å². The van der Waals surface area contributed by atoms with Crippen LogP contribution in [0.15, 0.2) is 70.5 Å². The van der Waals surface area contributed by atoms with E-state index in [4.69, 9.17) is 0 Å². The number of hydrogen-bond donors (Lipinski definition) is 5. The second-order valence-electron chi connectivity index (χ2n) is 8.77. The molecule has 10 nitrogen and oxygen atoms in total. The Labute approximate surface area is 228 Å². The Morgan fingerprint density at radius 3 is 1.95 bits per heavy atom. The first-order valence-corrected chi connectivity index (χ1v) is 15.0. The minimum Gasteiger partial charge on any atom is -0.506 e. The molecule has 0 saturated carbocycles. The number of aliphatic hydroxyl groups excluding tert-OH is 1. The van der Waals surface area contributed by atoms with Crippen LogP contribution in [0.2, 0.25) is 0 Å². The van der Waals surface area contributed by atoms with Crippen LogP contribution < -0.4 is 20.7 Å². The molecule has 210 valence electrons. The number of aromatic hydroxyl groups is 1. The molecule has 5 N–H and O–H groups in total. The van der Waals surface area contributed by atoms with E-state index in [1.807, 2.05) is 32.1 Å². The van der Waals surface area contributed by atoms with Gasteiger partial charge in [0.15, 0.2) is 0 Å². The van der Waals surface area contributed by atoms with E-state index in [1.165, 1.54) is 0 Å². The Morgan fingerprint density at radius 2 is 1.46 bits per heavy atom. The van der Waals surface area contributed by atoms with Crippen LogP contribution in [-0.4, -0.2) is 62.0 Å². The minimum absolute atomic E-state index is 0.162. The van der Waals surface area contributed by atoms with E-state index < -0.39 is 42.0 Å². The number of hydrogen-bond acceptors (Lipinski definition) is 8. The molecule has 0 aliphatic rings. The normalized spacial score (nSPS) is 12.7. The third kappa shape index (κ3) is 7.44. The summed E-state index contributed by atoms with van der Waals surface area (Å²) in [6, 6.07) is 15.6. The molecule has 0 spiro atoms. The van der Waals surface area contributed by atoms with Gasteiger partial charge in [-0.25, -0.2) is 0 Å². The van der Waals surface area contributed by atoms with E-state index in [1.54, 1.807) is 43.3 Å². The molecule has 39 heavy (non-hydrogen) atoms. The minimum atomic E-state index is -5.01. The number of phenolic OH excluding ortho intramolecular Hbond substituents is 1. The number of phenols is 1. The molecular formula is C27H32N2O8S2. The van der Waals surface area contributed by atoms with E-state index >= 15 is 0 Å². The monoisotopic (exact) mass is 576 g/mol. The third-order valence-corrected chi connectivity index (χ3v) is 7.90. The van der Waals surface area contributed by atoms with E-state index in [0.717, 1.165) is 30.1 Å². The summed E-state index contributed by atoms with van der Waals surface area (Å²) >= 11 is 0. The predicted molar refractivity (Wildman–Crippen MR) is 149 cm³/mol. The van der Waals surface area contributed by atoms with Gasteiger partial charge in [0.1, 0.15) is 21.8 Å². The molecule has 0 heterocycles. The zero-order valence-electron chi connectivity index (χ0n) is 21.7. The Hall–Kier alpha value is -3.26. The highest BCUT2D eigenvalue weighted by atomic mass is 32.2. The average molecular weight is 577 g/mol. The van der Waals surface area contributed by atoms with Crippen molar-refractivity contribution in [1.29, 1.82) is 0 Å². The molecule has 0 aromatic heterocycles. The summed E-state index contributed by atoms with van der Waals surface area (Å²) in [6.07, 6.45) is 1.16. The molecule has 0 saturated heterocycles. The van der Waals surface area contributed by atoms with Crippen molar-refractivity contribution in [3.63, 3.8) is 0 Å². The van der Waals surface area contributed by atoms with Crippen molar-refractivity contribution in [2.75, 3.05) is 24.5 Å². The molecule has 1 atom stereocenters. The van der Waals surface area contributed by atoms with E-state index in [9.17, 15) is 36.2 Å². The van der Waals surface area contributed by atoms with Crippen LogP contribution in [0.1, 0.15) is 31.9 Å². The standard InChI is InChI=1S/C27H32N2O8S2/c1-4-29(5-2)22-12-10-21(11-13-22)27(20-8-6-19(7-9-20)14-15-28-18(3)30)23-16-24(31)26(39(35,36)37)17-25(23)38(32,33)34/h6-14,16-18,28,30-31H,4-5,15H2,1-3H3,(H,32,33,34)(H,35,36,37). The molecule has 0 amide bonds. The van der Waals surface area contributed by atoms with Gasteiger partial charge in [-0.1, -0.05) is 42.5 Å². The summed E-state index contributed by atoms with van der Waals surface area (Å²) in [5.41, 5.74) is 1.59.